The van der Waals surface area contributed by atoms with Gasteiger partial charge in [0.25, 0.3) is 4.92 Å². The predicted molar refractivity (Wildman–Crippen MR) is 74.0 cm³/mol. The standard InChI is InChI=1S/C14H12N2O5/c1-20-14-8-10(9-15-17)2-7-13(14)21-12-5-3-11(4-6-12)16(18)19/h2-9H,1H3,(H-,17,18,19)/p+1/b15-9+. The fraction of sp³-hybridized carbons (Fsp3) is 0.0714. The highest BCUT2D eigenvalue weighted by Gasteiger charge is 2.12. The molecular formula is C14H13N2O5+. The first-order valence-corrected chi connectivity index (χ1v) is 5.93. The van der Waals surface area contributed by atoms with Gasteiger partial charge in [-0.25, -0.2) is 5.21 Å². The molecule has 7 nitrogen and oxygen atoms in total. The van der Waals surface area contributed by atoms with Gasteiger partial charge in [-0.05, 0) is 30.3 Å². The molecule has 0 radical (unpaired) electrons. The molecule has 0 aliphatic heterocycles. The van der Waals surface area contributed by atoms with E-state index in [2.05, 4.69) is 5.16 Å². The maximum absolute atomic E-state index is 10.7. The van der Waals surface area contributed by atoms with Crippen molar-refractivity contribution in [1.29, 1.82) is 0 Å². The van der Waals surface area contributed by atoms with Crippen LogP contribution in [-0.2, 0) is 0 Å². The minimum Gasteiger partial charge on any atom is -0.493 e. The average molecular weight is 289 g/mol. The van der Waals surface area contributed by atoms with Crippen molar-refractivity contribution in [3.05, 3.63) is 52.9 Å². The Morgan fingerprint density at radius 2 is 1.86 bits per heavy atom. The largest absolute Gasteiger partial charge is 0.493 e. The molecule has 2 aromatic rings. The lowest BCUT2D eigenvalue weighted by Crippen LogP contribution is -1.94. The highest BCUT2D eigenvalue weighted by atomic mass is 16.6. The zero-order valence-electron chi connectivity index (χ0n) is 11.1. The Labute approximate surface area is 120 Å². The molecule has 0 saturated heterocycles. The minimum atomic E-state index is -0.229. The van der Waals surface area contributed by atoms with Crippen molar-refractivity contribution in [3.8, 4) is 17.2 Å². The van der Waals surface area contributed by atoms with E-state index in [4.69, 9.17) is 19.9 Å². The zero-order valence-corrected chi connectivity index (χ0v) is 11.1. The lowest BCUT2D eigenvalue weighted by molar-refractivity contribution is -0.729. The smallest absolute Gasteiger partial charge is 0.316 e. The van der Waals surface area contributed by atoms with Crippen LogP contribution < -0.4 is 9.47 Å². The molecule has 108 valence electrons. The molecule has 0 bridgehead atoms. The van der Waals surface area contributed by atoms with E-state index in [1.165, 1.54) is 25.5 Å². The van der Waals surface area contributed by atoms with Crippen molar-refractivity contribution in [2.75, 3.05) is 7.11 Å². The van der Waals surface area contributed by atoms with Gasteiger partial charge in [-0.2, -0.15) is 0 Å². The summed E-state index contributed by atoms with van der Waals surface area (Å²) in [6.45, 7) is 0. The fourth-order valence-corrected chi connectivity index (χ4v) is 1.68. The van der Waals surface area contributed by atoms with Crippen LogP contribution in [0, 0.1) is 4.91 Å². The second kappa shape index (κ2) is 6.38. The third-order valence-electron chi connectivity index (χ3n) is 2.68. The topological polar surface area (TPSA) is 91.4 Å². The molecule has 0 aliphatic rings. The highest BCUT2D eigenvalue weighted by molar-refractivity contribution is 5.80. The lowest BCUT2D eigenvalue weighted by atomic mass is 10.2. The lowest BCUT2D eigenvalue weighted by Gasteiger charge is -2.10. The van der Waals surface area contributed by atoms with Crippen LogP contribution in [-0.4, -0.2) is 28.7 Å². The SMILES string of the molecule is COc1cc(/C=N/O)ccc1Oc1ccc([N+](=O)O)cc1. The van der Waals surface area contributed by atoms with Crippen LogP contribution >= 0.6 is 0 Å². The molecular weight excluding hydrogens is 276 g/mol. The summed E-state index contributed by atoms with van der Waals surface area (Å²) < 4.78 is 10.8. The van der Waals surface area contributed by atoms with E-state index in [0.717, 1.165) is 0 Å². The van der Waals surface area contributed by atoms with Gasteiger partial charge in [-0.15, -0.1) is 0 Å². The van der Waals surface area contributed by atoms with E-state index in [9.17, 15) is 4.91 Å². The molecule has 0 spiro atoms. The van der Waals surface area contributed by atoms with Crippen LogP contribution in [0.4, 0.5) is 5.69 Å². The number of hydrogen-bond acceptors (Lipinski definition) is 5. The Balaban J connectivity index is 2.24. The highest BCUT2D eigenvalue weighted by Crippen LogP contribution is 2.32. The van der Waals surface area contributed by atoms with Gasteiger partial charge in [0.05, 0.1) is 18.2 Å². The van der Waals surface area contributed by atoms with E-state index in [1.807, 2.05) is 0 Å². The molecule has 0 saturated carbocycles. The second-order valence-corrected chi connectivity index (χ2v) is 4.02. The molecule has 0 amide bonds. The molecule has 0 fully saturated rings. The molecule has 0 atom stereocenters. The summed E-state index contributed by atoms with van der Waals surface area (Å²) in [5, 5.41) is 20.2. The first kappa shape index (κ1) is 14.3. The normalized spacial score (nSPS) is 10.5. The first-order valence-electron chi connectivity index (χ1n) is 5.93. The fourth-order valence-electron chi connectivity index (χ4n) is 1.68. The van der Waals surface area contributed by atoms with Gasteiger partial charge in [0.15, 0.2) is 11.5 Å². The Bertz CT molecular complexity index is 668. The van der Waals surface area contributed by atoms with Crippen LogP contribution in [0.1, 0.15) is 5.56 Å². The number of hydrogen-bond donors (Lipinski definition) is 2. The van der Waals surface area contributed by atoms with Crippen LogP contribution in [0.2, 0.25) is 0 Å². The van der Waals surface area contributed by atoms with Gasteiger partial charge < -0.3 is 14.7 Å². The summed E-state index contributed by atoms with van der Waals surface area (Å²) in [6.07, 6.45) is 1.27. The Morgan fingerprint density at radius 3 is 2.43 bits per heavy atom. The van der Waals surface area contributed by atoms with E-state index < -0.39 is 0 Å². The van der Waals surface area contributed by atoms with Gasteiger partial charge in [-0.1, -0.05) is 5.16 Å². The van der Waals surface area contributed by atoms with Crippen molar-refractivity contribution in [2.24, 2.45) is 5.16 Å². The number of nitrogens with zero attached hydrogens (tertiary/aromatic N) is 2. The van der Waals surface area contributed by atoms with Crippen molar-refractivity contribution in [2.45, 2.75) is 0 Å². The summed E-state index contributed by atoms with van der Waals surface area (Å²) in [5.74, 6) is 1.40. The second-order valence-electron chi connectivity index (χ2n) is 4.02. The van der Waals surface area contributed by atoms with Gasteiger partial charge in [-0.3, -0.25) is 0 Å². The predicted octanol–water partition coefficient (Wildman–Crippen LogP) is 3.10. The van der Waals surface area contributed by atoms with Gasteiger partial charge in [0.2, 0.25) is 0 Å². The maximum atomic E-state index is 10.7. The molecule has 0 heterocycles. The van der Waals surface area contributed by atoms with E-state index in [0.29, 0.717) is 22.8 Å². The van der Waals surface area contributed by atoms with Crippen LogP contribution in [0.3, 0.4) is 0 Å². The molecule has 7 heteroatoms. The third-order valence-corrected chi connectivity index (χ3v) is 2.68. The van der Waals surface area contributed by atoms with Crippen molar-refractivity contribution in [3.63, 3.8) is 0 Å². The maximum Gasteiger partial charge on any atom is 0.316 e. The van der Waals surface area contributed by atoms with E-state index >= 15 is 0 Å². The number of ether oxygens (including phenoxy) is 2. The van der Waals surface area contributed by atoms with Crippen LogP contribution in [0.5, 0.6) is 17.2 Å². The minimum absolute atomic E-state index is 0.101. The molecule has 0 aromatic heterocycles. The van der Waals surface area contributed by atoms with Crippen molar-refractivity contribution in [1.82, 2.24) is 0 Å². The van der Waals surface area contributed by atoms with Gasteiger partial charge >= 0.3 is 5.69 Å². The van der Waals surface area contributed by atoms with Crippen LogP contribution in [0.15, 0.2) is 47.6 Å². The van der Waals surface area contributed by atoms with Crippen molar-refractivity contribution < 1.29 is 24.8 Å². The summed E-state index contributed by atoms with van der Waals surface area (Å²) in [6, 6.07) is 10.9. The molecule has 0 unspecified atom stereocenters. The monoisotopic (exact) mass is 289 g/mol. The summed E-state index contributed by atoms with van der Waals surface area (Å²) >= 11 is 0. The summed E-state index contributed by atoms with van der Waals surface area (Å²) in [7, 11) is 1.49. The first-order chi connectivity index (χ1) is 10.1. The molecule has 2 aromatic carbocycles. The quantitative estimate of drug-likeness (QED) is 0.501. The Kier molecular flexibility index (Phi) is 4.35. The van der Waals surface area contributed by atoms with Gasteiger partial charge in [0, 0.05) is 17.7 Å². The molecule has 2 rings (SSSR count). The molecule has 21 heavy (non-hydrogen) atoms. The molecule has 2 N–H and O–H groups in total. The summed E-state index contributed by atoms with van der Waals surface area (Å²) in [4.78, 5) is 10.5. The zero-order chi connectivity index (χ0) is 15.2. The number of rotatable bonds is 5. The number of methoxy groups -OCH3 is 1. The summed E-state index contributed by atoms with van der Waals surface area (Å²) in [5.41, 5.74) is 0.753. The number of oxime groups is 1. The molecule has 0 aliphatic carbocycles. The van der Waals surface area contributed by atoms with E-state index in [-0.39, 0.29) is 10.6 Å². The van der Waals surface area contributed by atoms with Crippen molar-refractivity contribution >= 4 is 11.9 Å². The number of benzene rings is 2. The Morgan fingerprint density at radius 1 is 1.14 bits per heavy atom. The Hall–Kier alpha value is -3.09. The van der Waals surface area contributed by atoms with Crippen LogP contribution in [0.25, 0.3) is 0 Å². The average Bonchev–Trinajstić information content (AvgIpc) is 2.49. The third kappa shape index (κ3) is 3.47. The van der Waals surface area contributed by atoms with Gasteiger partial charge in [0.1, 0.15) is 5.75 Å². The van der Waals surface area contributed by atoms with E-state index in [1.54, 1.807) is 30.3 Å².